The van der Waals surface area contributed by atoms with Crippen LogP contribution in [0.15, 0.2) is 53.2 Å². The molecule has 0 aliphatic carbocycles. The molecule has 19 heavy (non-hydrogen) atoms. The summed E-state index contributed by atoms with van der Waals surface area (Å²) in [4.78, 5) is 3.93. The van der Waals surface area contributed by atoms with Gasteiger partial charge >= 0.3 is 0 Å². The molecule has 0 amide bonds. The lowest BCUT2D eigenvalue weighted by molar-refractivity contribution is 0.350. The van der Waals surface area contributed by atoms with Gasteiger partial charge in [0.05, 0.1) is 5.70 Å². The van der Waals surface area contributed by atoms with Crippen molar-refractivity contribution in [1.29, 1.82) is 0 Å². The third kappa shape index (κ3) is 5.12. The summed E-state index contributed by atoms with van der Waals surface area (Å²) in [6, 6.07) is 8.20. The molecule has 0 bridgehead atoms. The van der Waals surface area contributed by atoms with E-state index >= 15 is 0 Å². The topological polar surface area (TPSA) is 21.6 Å². The van der Waals surface area contributed by atoms with E-state index in [4.69, 9.17) is 4.74 Å². The number of allylic oxidation sites excluding steroid dienone is 3. The second-order valence-electron chi connectivity index (χ2n) is 5.40. The first-order valence-electron chi connectivity index (χ1n) is 6.49. The smallest absolute Gasteiger partial charge is 0.130 e. The van der Waals surface area contributed by atoms with Gasteiger partial charge in [0, 0.05) is 0 Å². The highest BCUT2D eigenvalue weighted by atomic mass is 16.5. The molecular weight excluding hydrogens is 234 g/mol. The molecule has 1 aromatic rings. The molecule has 0 spiro atoms. The molecule has 0 radical (unpaired) electrons. The zero-order chi connectivity index (χ0) is 14.3. The third-order valence-electron chi connectivity index (χ3n) is 2.79. The summed E-state index contributed by atoms with van der Waals surface area (Å²) in [5.74, 6) is 0.850. The van der Waals surface area contributed by atoms with Crippen molar-refractivity contribution in [3.63, 3.8) is 0 Å². The SMILES string of the molecule is C=N/C(=C\C=C/C)COc1ccc(C(C)(C)C)cc1. The summed E-state index contributed by atoms with van der Waals surface area (Å²) < 4.78 is 5.69. The summed E-state index contributed by atoms with van der Waals surface area (Å²) in [6.07, 6.45) is 5.77. The summed E-state index contributed by atoms with van der Waals surface area (Å²) in [6.45, 7) is 12.5. The van der Waals surface area contributed by atoms with Crippen LogP contribution >= 0.6 is 0 Å². The summed E-state index contributed by atoms with van der Waals surface area (Å²) in [5.41, 5.74) is 2.28. The normalized spacial score (nSPS) is 12.7. The molecule has 0 atom stereocenters. The van der Waals surface area contributed by atoms with Gasteiger partial charge in [0.15, 0.2) is 0 Å². The highest BCUT2D eigenvalue weighted by Gasteiger charge is 2.12. The standard InChI is InChI=1S/C17H23NO/c1-6-7-8-15(18-5)13-19-16-11-9-14(10-12-16)17(2,3)4/h6-12H,5,13H2,1-4H3/b7-6-,15-8-. The van der Waals surface area contributed by atoms with Crippen molar-refractivity contribution in [2.45, 2.75) is 33.1 Å². The number of rotatable bonds is 5. The van der Waals surface area contributed by atoms with Crippen molar-refractivity contribution in [3.8, 4) is 5.75 Å². The largest absolute Gasteiger partial charge is 0.487 e. The average Bonchev–Trinajstić information content (AvgIpc) is 2.38. The number of hydrogen-bond donors (Lipinski definition) is 0. The maximum absolute atomic E-state index is 5.69. The minimum absolute atomic E-state index is 0.165. The Morgan fingerprint density at radius 2 is 1.89 bits per heavy atom. The van der Waals surface area contributed by atoms with Gasteiger partial charge in [-0.25, -0.2) is 0 Å². The van der Waals surface area contributed by atoms with Crippen LogP contribution in [0.5, 0.6) is 5.75 Å². The van der Waals surface area contributed by atoms with Crippen LogP contribution in [0, 0.1) is 0 Å². The number of benzene rings is 1. The Kier molecular flexibility index (Phi) is 5.56. The second kappa shape index (κ2) is 6.93. The van der Waals surface area contributed by atoms with E-state index in [1.54, 1.807) is 0 Å². The lowest BCUT2D eigenvalue weighted by Gasteiger charge is -2.19. The first-order chi connectivity index (χ1) is 8.97. The van der Waals surface area contributed by atoms with Gasteiger partial charge in [0.2, 0.25) is 0 Å². The molecule has 0 aromatic heterocycles. The van der Waals surface area contributed by atoms with Gasteiger partial charge in [-0.2, -0.15) is 0 Å². The van der Waals surface area contributed by atoms with Crippen molar-refractivity contribution >= 4 is 6.72 Å². The fraction of sp³-hybridized carbons (Fsp3) is 0.353. The van der Waals surface area contributed by atoms with Crippen molar-refractivity contribution in [3.05, 3.63) is 53.8 Å². The van der Waals surface area contributed by atoms with Crippen molar-refractivity contribution in [2.24, 2.45) is 4.99 Å². The number of nitrogens with zero attached hydrogens (tertiary/aromatic N) is 1. The molecule has 102 valence electrons. The Hall–Kier alpha value is -1.83. The Morgan fingerprint density at radius 1 is 1.26 bits per heavy atom. The Balaban J connectivity index is 2.66. The molecule has 2 nitrogen and oxygen atoms in total. The van der Waals surface area contributed by atoms with E-state index in [2.05, 4.69) is 44.6 Å². The maximum Gasteiger partial charge on any atom is 0.130 e. The van der Waals surface area contributed by atoms with Gasteiger partial charge in [0.25, 0.3) is 0 Å². The second-order valence-corrected chi connectivity index (χ2v) is 5.40. The molecule has 0 aliphatic heterocycles. The predicted octanol–water partition coefficient (Wildman–Crippen LogP) is 4.52. The van der Waals surface area contributed by atoms with Gasteiger partial charge < -0.3 is 4.74 Å². The van der Waals surface area contributed by atoms with Gasteiger partial charge in [-0.05, 0) is 42.8 Å². The molecular formula is C17H23NO. The highest BCUT2D eigenvalue weighted by Crippen LogP contribution is 2.24. The van der Waals surface area contributed by atoms with E-state index in [0.717, 1.165) is 11.4 Å². The Labute approximate surface area is 116 Å². The number of aliphatic imine (C=N–C) groups is 1. The van der Waals surface area contributed by atoms with Crippen LogP contribution in [-0.2, 0) is 5.41 Å². The van der Waals surface area contributed by atoms with Gasteiger partial charge in [-0.3, -0.25) is 4.99 Å². The van der Waals surface area contributed by atoms with E-state index in [-0.39, 0.29) is 5.41 Å². The molecule has 0 saturated carbocycles. The van der Waals surface area contributed by atoms with E-state index in [0.29, 0.717) is 6.61 Å². The fourth-order valence-electron chi connectivity index (χ4n) is 1.56. The van der Waals surface area contributed by atoms with Crippen molar-refractivity contribution < 1.29 is 4.74 Å². The number of hydrogen-bond acceptors (Lipinski definition) is 2. The minimum atomic E-state index is 0.165. The molecule has 0 heterocycles. The molecule has 0 unspecified atom stereocenters. The molecule has 2 heteroatoms. The van der Waals surface area contributed by atoms with Crippen molar-refractivity contribution in [1.82, 2.24) is 0 Å². The minimum Gasteiger partial charge on any atom is -0.487 e. The number of ether oxygens (including phenoxy) is 1. The van der Waals surface area contributed by atoms with Gasteiger partial charge in [-0.15, -0.1) is 0 Å². The van der Waals surface area contributed by atoms with Crippen LogP contribution in [0.1, 0.15) is 33.3 Å². The van der Waals surface area contributed by atoms with E-state index in [1.807, 2.05) is 37.3 Å². The first kappa shape index (κ1) is 15.2. The van der Waals surface area contributed by atoms with E-state index in [9.17, 15) is 0 Å². The Bertz CT molecular complexity index is 461. The van der Waals surface area contributed by atoms with Gasteiger partial charge in [0.1, 0.15) is 12.4 Å². The molecule has 0 aliphatic rings. The van der Waals surface area contributed by atoms with E-state index in [1.165, 1.54) is 5.56 Å². The summed E-state index contributed by atoms with van der Waals surface area (Å²) in [5, 5.41) is 0. The molecule has 1 aromatic carbocycles. The molecule has 0 fully saturated rings. The lowest BCUT2D eigenvalue weighted by Crippen LogP contribution is -2.10. The third-order valence-corrected chi connectivity index (χ3v) is 2.79. The highest BCUT2D eigenvalue weighted by molar-refractivity contribution is 5.33. The zero-order valence-electron chi connectivity index (χ0n) is 12.3. The molecule has 0 N–H and O–H groups in total. The monoisotopic (exact) mass is 257 g/mol. The lowest BCUT2D eigenvalue weighted by atomic mass is 9.87. The van der Waals surface area contributed by atoms with Crippen LogP contribution in [0.4, 0.5) is 0 Å². The summed E-state index contributed by atoms with van der Waals surface area (Å²) >= 11 is 0. The maximum atomic E-state index is 5.69. The zero-order valence-corrected chi connectivity index (χ0v) is 12.3. The average molecular weight is 257 g/mol. The van der Waals surface area contributed by atoms with Crippen LogP contribution in [-0.4, -0.2) is 13.3 Å². The van der Waals surface area contributed by atoms with E-state index < -0.39 is 0 Å². The molecule has 1 rings (SSSR count). The molecule has 0 saturated heterocycles. The Morgan fingerprint density at radius 3 is 2.37 bits per heavy atom. The fourth-order valence-corrected chi connectivity index (χ4v) is 1.56. The van der Waals surface area contributed by atoms with Crippen LogP contribution in [0.2, 0.25) is 0 Å². The summed E-state index contributed by atoms with van der Waals surface area (Å²) in [7, 11) is 0. The first-order valence-corrected chi connectivity index (χ1v) is 6.49. The van der Waals surface area contributed by atoms with Crippen molar-refractivity contribution in [2.75, 3.05) is 6.61 Å². The van der Waals surface area contributed by atoms with Crippen LogP contribution in [0.3, 0.4) is 0 Å². The van der Waals surface area contributed by atoms with Crippen LogP contribution < -0.4 is 4.74 Å². The predicted molar refractivity (Wildman–Crippen MR) is 83.1 cm³/mol. The quantitative estimate of drug-likeness (QED) is 0.561. The van der Waals surface area contributed by atoms with Crippen LogP contribution in [0.25, 0.3) is 0 Å². The van der Waals surface area contributed by atoms with Gasteiger partial charge in [-0.1, -0.05) is 45.1 Å².